The van der Waals surface area contributed by atoms with Crippen LogP contribution in [-0.2, 0) is 6.18 Å². The van der Waals surface area contributed by atoms with Crippen molar-refractivity contribution in [2.24, 2.45) is 5.73 Å². The summed E-state index contributed by atoms with van der Waals surface area (Å²) in [4.78, 5) is 23.1. The number of H-pyrrole nitrogens is 1. The maximum Gasteiger partial charge on any atom is 0.417 e. The van der Waals surface area contributed by atoms with Crippen LogP contribution in [-0.4, -0.2) is 10.9 Å². The average molecular weight is 243 g/mol. The number of carbonyl (C=O) groups excluding carboxylic acids is 1. The highest BCUT2D eigenvalue weighted by molar-refractivity contribution is 5.94. The Morgan fingerprint density at radius 1 is 1.40 bits per heavy atom. The van der Waals surface area contributed by atoms with Crippen molar-refractivity contribution < 1.29 is 18.0 Å². The maximum absolute atomic E-state index is 12.2. The van der Waals surface area contributed by atoms with Gasteiger partial charge in [0.15, 0.2) is 0 Å². The molecular weight excluding hydrogens is 237 g/mol. The van der Waals surface area contributed by atoms with E-state index in [-0.39, 0.29) is 12.4 Å². The normalized spacial score (nSPS) is 10.6. The van der Waals surface area contributed by atoms with Crippen LogP contribution >= 0.6 is 12.4 Å². The number of aromatic nitrogens is 1. The molecule has 0 saturated heterocycles. The van der Waals surface area contributed by atoms with Gasteiger partial charge in [0.1, 0.15) is 0 Å². The number of hydrogen-bond acceptors (Lipinski definition) is 2. The zero-order valence-corrected chi connectivity index (χ0v) is 7.91. The van der Waals surface area contributed by atoms with Crippen LogP contribution in [0.5, 0.6) is 0 Å². The largest absolute Gasteiger partial charge is 0.417 e. The average Bonchev–Trinajstić information content (AvgIpc) is 2.01. The van der Waals surface area contributed by atoms with E-state index in [2.05, 4.69) is 0 Å². The highest BCUT2D eigenvalue weighted by Gasteiger charge is 2.35. The van der Waals surface area contributed by atoms with Gasteiger partial charge in [0.05, 0.1) is 11.1 Å². The number of primary amides is 1. The Balaban J connectivity index is 0.00000196. The third kappa shape index (κ3) is 2.98. The zero-order chi connectivity index (χ0) is 10.9. The van der Waals surface area contributed by atoms with Crippen molar-refractivity contribution in [3.8, 4) is 0 Å². The minimum absolute atomic E-state index is 0. The van der Waals surface area contributed by atoms with Crippen molar-refractivity contribution in [3.05, 3.63) is 33.7 Å². The third-order valence-corrected chi connectivity index (χ3v) is 1.50. The van der Waals surface area contributed by atoms with Crippen molar-refractivity contribution in [1.82, 2.24) is 4.98 Å². The number of carbonyl (C=O) groups is 1. The zero-order valence-electron chi connectivity index (χ0n) is 7.09. The SMILES string of the molecule is Cl.NC(=O)c1c[nH]c(=O)cc1C(F)(F)F. The van der Waals surface area contributed by atoms with E-state index in [1.54, 1.807) is 0 Å². The summed E-state index contributed by atoms with van der Waals surface area (Å²) >= 11 is 0. The number of halogens is 4. The molecule has 0 radical (unpaired) electrons. The summed E-state index contributed by atoms with van der Waals surface area (Å²) < 4.78 is 36.7. The Hall–Kier alpha value is -1.50. The monoisotopic (exact) mass is 242 g/mol. The van der Waals surface area contributed by atoms with Crippen LogP contribution in [0.4, 0.5) is 13.2 Å². The quantitative estimate of drug-likeness (QED) is 0.768. The Morgan fingerprint density at radius 2 is 1.93 bits per heavy atom. The van der Waals surface area contributed by atoms with Crippen molar-refractivity contribution in [2.75, 3.05) is 0 Å². The van der Waals surface area contributed by atoms with Gasteiger partial charge in [-0.15, -0.1) is 12.4 Å². The highest BCUT2D eigenvalue weighted by atomic mass is 35.5. The second-order valence-corrected chi connectivity index (χ2v) is 2.49. The third-order valence-electron chi connectivity index (χ3n) is 1.50. The van der Waals surface area contributed by atoms with Gasteiger partial charge in [0.2, 0.25) is 5.56 Å². The molecule has 1 rings (SSSR count). The van der Waals surface area contributed by atoms with Gasteiger partial charge in [-0.3, -0.25) is 9.59 Å². The molecule has 0 aromatic carbocycles. The molecule has 1 aromatic rings. The molecule has 0 fully saturated rings. The lowest BCUT2D eigenvalue weighted by Crippen LogP contribution is -2.22. The first-order valence-corrected chi connectivity index (χ1v) is 3.42. The number of aromatic amines is 1. The fraction of sp³-hybridized carbons (Fsp3) is 0.143. The summed E-state index contributed by atoms with van der Waals surface area (Å²) in [6.45, 7) is 0. The molecular formula is C7H6ClF3N2O2. The van der Waals surface area contributed by atoms with E-state index in [4.69, 9.17) is 5.73 Å². The van der Waals surface area contributed by atoms with E-state index in [9.17, 15) is 22.8 Å². The highest BCUT2D eigenvalue weighted by Crippen LogP contribution is 2.30. The molecule has 3 N–H and O–H groups in total. The van der Waals surface area contributed by atoms with Crippen molar-refractivity contribution in [2.45, 2.75) is 6.18 Å². The van der Waals surface area contributed by atoms with E-state index in [1.165, 1.54) is 0 Å². The number of pyridine rings is 1. The van der Waals surface area contributed by atoms with Gasteiger partial charge in [0.25, 0.3) is 5.91 Å². The molecule has 1 aromatic heterocycles. The molecule has 1 amide bonds. The predicted molar refractivity (Wildman–Crippen MR) is 47.8 cm³/mol. The van der Waals surface area contributed by atoms with Crippen LogP contribution in [0.3, 0.4) is 0 Å². The lowest BCUT2D eigenvalue weighted by atomic mass is 10.1. The van der Waals surface area contributed by atoms with Gasteiger partial charge >= 0.3 is 6.18 Å². The van der Waals surface area contributed by atoms with Crippen LogP contribution in [0.25, 0.3) is 0 Å². The molecule has 0 aliphatic carbocycles. The molecule has 0 aliphatic heterocycles. The van der Waals surface area contributed by atoms with Crippen LogP contribution in [0.15, 0.2) is 17.1 Å². The standard InChI is InChI=1S/C7H5F3N2O2.ClH/c8-7(9,10)4-1-5(13)12-2-3(4)6(11)14;/h1-2H,(H2,11,14)(H,12,13);1H. The lowest BCUT2D eigenvalue weighted by Gasteiger charge is -2.08. The van der Waals surface area contributed by atoms with Crippen molar-refractivity contribution >= 4 is 18.3 Å². The Bertz CT molecular complexity index is 427. The Kier molecular flexibility index (Phi) is 3.91. The topological polar surface area (TPSA) is 76.0 Å². The molecule has 0 saturated carbocycles. The van der Waals surface area contributed by atoms with E-state index < -0.39 is 28.8 Å². The summed E-state index contributed by atoms with van der Waals surface area (Å²) in [7, 11) is 0. The number of amides is 1. The van der Waals surface area contributed by atoms with Crippen LogP contribution in [0, 0.1) is 0 Å². The maximum atomic E-state index is 12.2. The number of nitrogens with two attached hydrogens (primary N) is 1. The molecule has 0 atom stereocenters. The van der Waals surface area contributed by atoms with Gasteiger partial charge < -0.3 is 10.7 Å². The van der Waals surface area contributed by atoms with E-state index in [0.717, 1.165) is 0 Å². The molecule has 8 heteroatoms. The van der Waals surface area contributed by atoms with Crippen molar-refractivity contribution in [3.63, 3.8) is 0 Å². The Morgan fingerprint density at radius 3 is 2.33 bits per heavy atom. The molecule has 1 heterocycles. The fourth-order valence-electron chi connectivity index (χ4n) is 0.910. The molecule has 4 nitrogen and oxygen atoms in total. The predicted octanol–water partition coefficient (Wildman–Crippen LogP) is 0.914. The summed E-state index contributed by atoms with van der Waals surface area (Å²) in [6.07, 6.45) is -4.12. The molecule has 15 heavy (non-hydrogen) atoms. The van der Waals surface area contributed by atoms with Crippen molar-refractivity contribution in [1.29, 1.82) is 0 Å². The first-order valence-electron chi connectivity index (χ1n) is 3.42. The van der Waals surface area contributed by atoms with Gasteiger partial charge in [0, 0.05) is 12.3 Å². The number of alkyl halides is 3. The van der Waals surface area contributed by atoms with Gasteiger partial charge in [-0.05, 0) is 0 Å². The van der Waals surface area contributed by atoms with Crippen LogP contribution in [0.2, 0.25) is 0 Å². The van der Waals surface area contributed by atoms with Gasteiger partial charge in [-0.2, -0.15) is 13.2 Å². The fourth-order valence-corrected chi connectivity index (χ4v) is 0.910. The molecule has 0 unspecified atom stereocenters. The summed E-state index contributed by atoms with van der Waals surface area (Å²) in [6, 6.07) is 0.292. The Labute approximate surface area is 87.7 Å². The second-order valence-electron chi connectivity index (χ2n) is 2.49. The second kappa shape index (κ2) is 4.35. The van der Waals surface area contributed by atoms with Gasteiger partial charge in [-0.25, -0.2) is 0 Å². The molecule has 84 valence electrons. The van der Waals surface area contributed by atoms with E-state index in [0.29, 0.717) is 12.3 Å². The number of nitrogens with one attached hydrogen (secondary N) is 1. The molecule has 0 bridgehead atoms. The summed E-state index contributed by atoms with van der Waals surface area (Å²) in [5.74, 6) is -1.24. The summed E-state index contributed by atoms with van der Waals surface area (Å²) in [5.41, 5.74) is 1.68. The first kappa shape index (κ1) is 13.5. The molecule has 0 spiro atoms. The van der Waals surface area contributed by atoms with E-state index >= 15 is 0 Å². The number of hydrogen-bond donors (Lipinski definition) is 2. The smallest absolute Gasteiger partial charge is 0.366 e. The van der Waals surface area contributed by atoms with Gasteiger partial charge in [-0.1, -0.05) is 0 Å². The van der Waals surface area contributed by atoms with Crippen LogP contribution < -0.4 is 11.3 Å². The first-order chi connectivity index (χ1) is 6.32. The summed E-state index contributed by atoms with van der Waals surface area (Å²) in [5, 5.41) is 0. The minimum Gasteiger partial charge on any atom is -0.366 e. The minimum atomic E-state index is -4.77. The number of rotatable bonds is 1. The molecule has 0 aliphatic rings. The lowest BCUT2D eigenvalue weighted by molar-refractivity contribution is -0.138. The van der Waals surface area contributed by atoms with E-state index in [1.807, 2.05) is 4.98 Å². The van der Waals surface area contributed by atoms with Crippen LogP contribution in [0.1, 0.15) is 15.9 Å².